The normalized spacial score (nSPS) is 11.3. The standard InChI is InChI=1S/C20H17ClN4O4/c1-2-15(23-24-17(26)12-6-4-3-5-7-12)16-18(27)22-20(29)25(19(16)28)14-10-8-13(21)9-11-14/h3-11,28H,2H2,1H3,(H,24,26)(H,22,27,29)/b23-15+. The number of hydrazone groups is 1. The van der Waals surface area contributed by atoms with Gasteiger partial charge in [0.15, 0.2) is 0 Å². The summed E-state index contributed by atoms with van der Waals surface area (Å²) in [5.74, 6) is -1.06. The molecule has 0 atom stereocenters. The third kappa shape index (κ3) is 4.27. The van der Waals surface area contributed by atoms with E-state index in [1.807, 2.05) is 0 Å². The summed E-state index contributed by atoms with van der Waals surface area (Å²) < 4.78 is 0.928. The Hall–Kier alpha value is -3.65. The summed E-state index contributed by atoms with van der Waals surface area (Å²) in [6.45, 7) is 1.70. The number of rotatable bonds is 5. The average Bonchev–Trinajstić information content (AvgIpc) is 2.72. The SMILES string of the molecule is CC/C(=N\NC(=O)c1ccccc1)c1c(O)n(-c2ccc(Cl)cc2)c(=O)[nH]c1=O. The second-order valence-corrected chi connectivity index (χ2v) is 6.43. The topological polar surface area (TPSA) is 117 Å². The third-order valence-corrected chi connectivity index (χ3v) is 4.37. The molecule has 3 N–H and O–H groups in total. The van der Waals surface area contributed by atoms with Gasteiger partial charge in [0.05, 0.1) is 11.4 Å². The minimum Gasteiger partial charge on any atom is -0.493 e. The molecule has 0 aliphatic carbocycles. The largest absolute Gasteiger partial charge is 0.493 e. The van der Waals surface area contributed by atoms with Crippen molar-refractivity contribution < 1.29 is 9.90 Å². The number of carbonyl (C=O) groups excluding carboxylic acids is 1. The molecule has 0 saturated heterocycles. The van der Waals surface area contributed by atoms with Gasteiger partial charge in [-0.25, -0.2) is 14.8 Å². The Kier molecular flexibility index (Phi) is 5.94. The van der Waals surface area contributed by atoms with Crippen molar-refractivity contribution in [3.05, 3.63) is 91.6 Å². The highest BCUT2D eigenvalue weighted by atomic mass is 35.5. The molecule has 29 heavy (non-hydrogen) atoms. The molecule has 0 aliphatic heterocycles. The molecular formula is C20H17ClN4O4. The molecule has 8 nitrogen and oxygen atoms in total. The Morgan fingerprint density at radius 2 is 1.79 bits per heavy atom. The van der Waals surface area contributed by atoms with Crippen LogP contribution in [0.5, 0.6) is 5.88 Å². The van der Waals surface area contributed by atoms with Gasteiger partial charge in [-0.1, -0.05) is 36.7 Å². The van der Waals surface area contributed by atoms with Crippen molar-refractivity contribution >= 4 is 23.2 Å². The van der Waals surface area contributed by atoms with Crippen molar-refractivity contribution in [3.8, 4) is 11.6 Å². The number of aromatic amines is 1. The molecule has 3 aromatic rings. The minimum absolute atomic E-state index is 0.107. The van der Waals surface area contributed by atoms with E-state index in [9.17, 15) is 19.5 Å². The van der Waals surface area contributed by atoms with E-state index in [0.717, 1.165) is 4.57 Å². The van der Waals surface area contributed by atoms with Crippen LogP contribution in [0.1, 0.15) is 29.3 Å². The zero-order valence-corrected chi connectivity index (χ0v) is 16.1. The Morgan fingerprint density at radius 3 is 2.41 bits per heavy atom. The highest BCUT2D eigenvalue weighted by molar-refractivity contribution is 6.30. The van der Waals surface area contributed by atoms with E-state index >= 15 is 0 Å². The Labute approximate surface area is 170 Å². The fraction of sp³-hybridized carbons (Fsp3) is 0.100. The van der Waals surface area contributed by atoms with Gasteiger partial charge < -0.3 is 5.11 Å². The smallest absolute Gasteiger partial charge is 0.335 e. The predicted octanol–water partition coefficient (Wildman–Crippen LogP) is 2.43. The summed E-state index contributed by atoms with van der Waals surface area (Å²) in [6.07, 6.45) is 0.213. The van der Waals surface area contributed by atoms with Crippen LogP contribution >= 0.6 is 11.6 Å². The van der Waals surface area contributed by atoms with E-state index in [1.165, 1.54) is 12.1 Å². The van der Waals surface area contributed by atoms with E-state index in [1.54, 1.807) is 49.4 Å². The van der Waals surface area contributed by atoms with Gasteiger partial charge in [0.1, 0.15) is 5.56 Å². The number of nitrogens with one attached hydrogen (secondary N) is 2. The Morgan fingerprint density at radius 1 is 1.14 bits per heavy atom. The molecule has 2 aromatic carbocycles. The number of hydrogen-bond donors (Lipinski definition) is 3. The van der Waals surface area contributed by atoms with E-state index in [2.05, 4.69) is 15.5 Å². The molecule has 148 valence electrons. The fourth-order valence-corrected chi connectivity index (χ4v) is 2.82. The van der Waals surface area contributed by atoms with Crippen LogP contribution in [0.25, 0.3) is 5.69 Å². The van der Waals surface area contributed by atoms with Gasteiger partial charge >= 0.3 is 5.69 Å². The molecule has 1 aromatic heterocycles. The second-order valence-electron chi connectivity index (χ2n) is 5.99. The van der Waals surface area contributed by atoms with E-state index in [4.69, 9.17) is 11.6 Å². The number of carbonyl (C=O) groups is 1. The summed E-state index contributed by atoms with van der Waals surface area (Å²) >= 11 is 5.86. The van der Waals surface area contributed by atoms with Crippen LogP contribution in [0.15, 0.2) is 69.3 Å². The fourth-order valence-electron chi connectivity index (χ4n) is 2.70. The molecule has 0 aliphatic rings. The first-order valence-electron chi connectivity index (χ1n) is 8.69. The number of aromatic nitrogens is 2. The summed E-state index contributed by atoms with van der Waals surface area (Å²) in [7, 11) is 0. The van der Waals surface area contributed by atoms with Gasteiger partial charge in [0, 0.05) is 10.6 Å². The molecule has 0 spiro atoms. The molecule has 0 fully saturated rings. The van der Waals surface area contributed by atoms with Crippen molar-refractivity contribution in [2.24, 2.45) is 5.10 Å². The maximum absolute atomic E-state index is 12.4. The maximum Gasteiger partial charge on any atom is 0.335 e. The molecule has 0 unspecified atom stereocenters. The highest BCUT2D eigenvalue weighted by Crippen LogP contribution is 2.19. The van der Waals surface area contributed by atoms with Gasteiger partial charge in [-0.2, -0.15) is 5.10 Å². The van der Waals surface area contributed by atoms with Crippen molar-refractivity contribution in [2.75, 3.05) is 0 Å². The number of benzene rings is 2. The monoisotopic (exact) mass is 412 g/mol. The van der Waals surface area contributed by atoms with Crippen LogP contribution in [0, 0.1) is 0 Å². The molecule has 0 saturated carbocycles. The summed E-state index contributed by atoms with van der Waals surface area (Å²) in [5, 5.41) is 15.1. The van der Waals surface area contributed by atoms with Gasteiger partial charge in [-0.3, -0.25) is 14.6 Å². The highest BCUT2D eigenvalue weighted by Gasteiger charge is 2.20. The molecule has 1 amide bonds. The van der Waals surface area contributed by atoms with Crippen molar-refractivity contribution in [1.29, 1.82) is 0 Å². The van der Waals surface area contributed by atoms with Crippen LogP contribution in [0.3, 0.4) is 0 Å². The lowest BCUT2D eigenvalue weighted by molar-refractivity contribution is 0.0954. The lowest BCUT2D eigenvalue weighted by Gasteiger charge is -2.12. The lowest BCUT2D eigenvalue weighted by Crippen LogP contribution is -2.34. The van der Waals surface area contributed by atoms with Crippen LogP contribution in [0.2, 0.25) is 5.02 Å². The first-order valence-corrected chi connectivity index (χ1v) is 9.06. The first-order chi connectivity index (χ1) is 13.9. The average molecular weight is 413 g/mol. The molecule has 0 radical (unpaired) electrons. The zero-order chi connectivity index (χ0) is 21.0. The van der Waals surface area contributed by atoms with Crippen LogP contribution < -0.4 is 16.7 Å². The van der Waals surface area contributed by atoms with Gasteiger partial charge in [0.25, 0.3) is 11.5 Å². The molecule has 9 heteroatoms. The summed E-state index contributed by atoms with van der Waals surface area (Å²) in [6, 6.07) is 14.5. The number of amides is 1. The Balaban J connectivity index is 2.05. The minimum atomic E-state index is -0.817. The number of nitrogens with zero attached hydrogens (tertiary/aromatic N) is 2. The number of hydrogen-bond acceptors (Lipinski definition) is 5. The van der Waals surface area contributed by atoms with Crippen LogP contribution in [-0.2, 0) is 0 Å². The third-order valence-electron chi connectivity index (χ3n) is 4.12. The summed E-state index contributed by atoms with van der Waals surface area (Å²) in [5.41, 5.74) is 1.32. The molecule has 0 bridgehead atoms. The number of aromatic hydroxyl groups is 1. The van der Waals surface area contributed by atoms with Gasteiger partial charge in [-0.05, 0) is 42.8 Å². The van der Waals surface area contributed by atoms with Crippen LogP contribution in [-0.4, -0.2) is 26.3 Å². The van der Waals surface area contributed by atoms with Crippen molar-refractivity contribution in [2.45, 2.75) is 13.3 Å². The zero-order valence-electron chi connectivity index (χ0n) is 15.3. The molecular weight excluding hydrogens is 396 g/mol. The van der Waals surface area contributed by atoms with Crippen LogP contribution in [0.4, 0.5) is 0 Å². The first kappa shape index (κ1) is 20.1. The van der Waals surface area contributed by atoms with Gasteiger partial charge in [0.2, 0.25) is 5.88 Å². The quantitative estimate of drug-likeness (QED) is 0.440. The Bertz CT molecular complexity index is 1180. The van der Waals surface area contributed by atoms with Crippen molar-refractivity contribution in [1.82, 2.24) is 15.0 Å². The molecule has 1 heterocycles. The molecule has 3 rings (SSSR count). The van der Waals surface area contributed by atoms with E-state index in [-0.39, 0.29) is 17.7 Å². The lowest BCUT2D eigenvalue weighted by atomic mass is 10.1. The number of H-pyrrole nitrogens is 1. The maximum atomic E-state index is 12.4. The van der Waals surface area contributed by atoms with E-state index < -0.39 is 23.0 Å². The predicted molar refractivity (Wildman–Crippen MR) is 110 cm³/mol. The van der Waals surface area contributed by atoms with E-state index in [0.29, 0.717) is 16.3 Å². The second kappa shape index (κ2) is 8.57. The van der Waals surface area contributed by atoms with Gasteiger partial charge in [-0.15, -0.1) is 0 Å². The van der Waals surface area contributed by atoms with Crippen molar-refractivity contribution in [3.63, 3.8) is 0 Å². The number of halogens is 1. The summed E-state index contributed by atoms with van der Waals surface area (Å²) in [4.78, 5) is 39.0.